The maximum absolute atomic E-state index is 10.8. The lowest BCUT2D eigenvalue weighted by atomic mass is 9.94. The third kappa shape index (κ3) is 0.664. The van der Waals surface area contributed by atoms with Gasteiger partial charge in [0.1, 0.15) is 5.76 Å². The van der Waals surface area contributed by atoms with Gasteiger partial charge in [0.05, 0.1) is 0 Å². The van der Waals surface area contributed by atoms with Crippen molar-refractivity contribution in [2.45, 2.75) is 24.9 Å². The molecule has 1 fully saturated rings. The molecule has 1 amide bonds. The minimum Gasteiger partial charge on any atom is -0.509 e. The molecule has 0 aromatic heterocycles. The Kier molecular flexibility index (Phi) is 1.00. The third-order valence-corrected chi connectivity index (χ3v) is 2.20. The molecule has 4 nitrogen and oxygen atoms in total. The SMILES string of the molecule is NC(=O)C12CCCC(O)=C1O2. The summed E-state index contributed by atoms with van der Waals surface area (Å²) in [5.41, 5.74) is 4.18. The number of ether oxygens (including phenoxy) is 1. The van der Waals surface area contributed by atoms with E-state index in [4.69, 9.17) is 10.5 Å². The maximum Gasteiger partial charge on any atom is 0.269 e. The summed E-state index contributed by atoms with van der Waals surface area (Å²) in [6.07, 6.45) is 1.98. The molecule has 1 atom stereocenters. The van der Waals surface area contributed by atoms with Crippen LogP contribution < -0.4 is 5.73 Å². The number of rotatable bonds is 1. The second-order valence-electron chi connectivity index (χ2n) is 2.92. The molecule has 0 spiro atoms. The van der Waals surface area contributed by atoms with Crippen molar-refractivity contribution in [3.05, 3.63) is 11.5 Å². The zero-order valence-electron chi connectivity index (χ0n) is 5.96. The molecule has 0 saturated carbocycles. The van der Waals surface area contributed by atoms with Gasteiger partial charge in [-0.1, -0.05) is 0 Å². The van der Waals surface area contributed by atoms with Crippen LogP contribution >= 0.6 is 0 Å². The fourth-order valence-electron chi connectivity index (χ4n) is 1.51. The summed E-state index contributed by atoms with van der Waals surface area (Å²) in [5.74, 6) is 0.102. The van der Waals surface area contributed by atoms with Crippen molar-refractivity contribution < 1.29 is 14.6 Å². The molecule has 1 heterocycles. The fourth-order valence-corrected chi connectivity index (χ4v) is 1.51. The van der Waals surface area contributed by atoms with E-state index >= 15 is 0 Å². The second kappa shape index (κ2) is 1.69. The Morgan fingerprint density at radius 2 is 2.45 bits per heavy atom. The van der Waals surface area contributed by atoms with Gasteiger partial charge in [-0.05, 0) is 6.42 Å². The Bertz CT molecular complexity index is 258. The maximum atomic E-state index is 10.8. The van der Waals surface area contributed by atoms with Crippen molar-refractivity contribution in [1.82, 2.24) is 0 Å². The van der Waals surface area contributed by atoms with Crippen LogP contribution in [0.3, 0.4) is 0 Å². The monoisotopic (exact) mass is 155 g/mol. The van der Waals surface area contributed by atoms with E-state index in [1.165, 1.54) is 0 Å². The molecule has 0 radical (unpaired) electrons. The van der Waals surface area contributed by atoms with Crippen LogP contribution in [-0.2, 0) is 9.53 Å². The number of carbonyl (C=O) groups excluding carboxylic acids is 1. The molecule has 0 aromatic rings. The number of hydrogen-bond donors (Lipinski definition) is 2. The molecule has 11 heavy (non-hydrogen) atoms. The van der Waals surface area contributed by atoms with Gasteiger partial charge in [-0.15, -0.1) is 0 Å². The van der Waals surface area contributed by atoms with E-state index < -0.39 is 11.5 Å². The summed E-state index contributed by atoms with van der Waals surface area (Å²) in [6, 6.07) is 0. The highest BCUT2D eigenvalue weighted by Crippen LogP contribution is 2.50. The van der Waals surface area contributed by atoms with Crippen LogP contribution in [0.2, 0.25) is 0 Å². The number of allylic oxidation sites excluding steroid dienone is 1. The zero-order chi connectivity index (χ0) is 8.06. The number of aliphatic hydroxyl groups excluding tert-OH is 1. The predicted octanol–water partition coefficient (Wildman–Crippen LogP) is 0.194. The molecule has 3 N–H and O–H groups in total. The van der Waals surface area contributed by atoms with Crippen LogP contribution in [0.15, 0.2) is 11.5 Å². The topological polar surface area (TPSA) is 75.9 Å². The molecule has 1 aliphatic heterocycles. The first-order valence-electron chi connectivity index (χ1n) is 3.58. The van der Waals surface area contributed by atoms with E-state index in [-0.39, 0.29) is 5.76 Å². The average molecular weight is 155 g/mol. The number of primary amides is 1. The minimum atomic E-state index is -0.914. The summed E-state index contributed by atoms with van der Waals surface area (Å²) in [5, 5.41) is 9.18. The van der Waals surface area contributed by atoms with E-state index in [2.05, 4.69) is 0 Å². The summed E-state index contributed by atoms with van der Waals surface area (Å²) in [7, 11) is 0. The van der Waals surface area contributed by atoms with Gasteiger partial charge in [0.15, 0.2) is 5.76 Å². The summed E-state index contributed by atoms with van der Waals surface area (Å²) < 4.78 is 4.99. The normalized spacial score (nSPS) is 34.2. The van der Waals surface area contributed by atoms with E-state index in [1.807, 2.05) is 0 Å². The lowest BCUT2D eigenvalue weighted by Crippen LogP contribution is -2.32. The predicted molar refractivity (Wildman–Crippen MR) is 36.5 cm³/mol. The molecule has 2 aliphatic rings. The quantitative estimate of drug-likeness (QED) is 0.531. The van der Waals surface area contributed by atoms with Crippen LogP contribution in [-0.4, -0.2) is 16.6 Å². The highest BCUT2D eigenvalue weighted by molar-refractivity contribution is 5.91. The Balaban J connectivity index is 2.34. The van der Waals surface area contributed by atoms with Gasteiger partial charge in [0, 0.05) is 12.8 Å². The van der Waals surface area contributed by atoms with Crippen molar-refractivity contribution in [2.24, 2.45) is 5.73 Å². The van der Waals surface area contributed by atoms with Crippen LogP contribution in [0.1, 0.15) is 19.3 Å². The highest BCUT2D eigenvalue weighted by Gasteiger charge is 2.61. The number of hydrogen-bond acceptors (Lipinski definition) is 3. The first-order valence-corrected chi connectivity index (χ1v) is 3.58. The van der Waals surface area contributed by atoms with Gasteiger partial charge in [-0.2, -0.15) is 0 Å². The lowest BCUT2D eigenvalue weighted by molar-refractivity contribution is -0.123. The number of amides is 1. The van der Waals surface area contributed by atoms with E-state index in [9.17, 15) is 9.90 Å². The molecule has 4 heteroatoms. The Morgan fingerprint density at radius 3 is 3.00 bits per heavy atom. The molecule has 1 saturated heterocycles. The average Bonchev–Trinajstić information content (AvgIpc) is 2.64. The summed E-state index contributed by atoms with van der Waals surface area (Å²) in [6.45, 7) is 0. The molecular formula is C7H9NO3. The molecule has 60 valence electrons. The van der Waals surface area contributed by atoms with Gasteiger partial charge in [-0.3, -0.25) is 4.79 Å². The van der Waals surface area contributed by atoms with Crippen molar-refractivity contribution in [2.75, 3.05) is 0 Å². The molecule has 1 unspecified atom stereocenters. The second-order valence-corrected chi connectivity index (χ2v) is 2.92. The van der Waals surface area contributed by atoms with Crippen LogP contribution in [0.4, 0.5) is 0 Å². The number of fused-ring (bicyclic) bond motifs is 1. The van der Waals surface area contributed by atoms with Crippen LogP contribution in [0, 0.1) is 0 Å². The van der Waals surface area contributed by atoms with Crippen molar-refractivity contribution in [1.29, 1.82) is 0 Å². The molecule has 1 aliphatic carbocycles. The van der Waals surface area contributed by atoms with Crippen molar-refractivity contribution in [3.8, 4) is 0 Å². The molecular weight excluding hydrogens is 146 g/mol. The summed E-state index contributed by atoms with van der Waals surface area (Å²) in [4.78, 5) is 10.8. The first kappa shape index (κ1) is 6.52. The standard InChI is InChI=1S/C7H9NO3/c8-6(10)7-3-1-2-4(9)5(7)11-7/h9H,1-3H2,(H2,8,10). The van der Waals surface area contributed by atoms with Gasteiger partial charge < -0.3 is 15.6 Å². The Hall–Kier alpha value is -1.19. The minimum absolute atomic E-state index is 0.190. The number of epoxide rings is 1. The number of nitrogens with two attached hydrogens (primary N) is 1. The lowest BCUT2D eigenvalue weighted by Gasteiger charge is -2.08. The Morgan fingerprint density at radius 1 is 1.73 bits per heavy atom. The smallest absolute Gasteiger partial charge is 0.269 e. The largest absolute Gasteiger partial charge is 0.509 e. The number of carbonyl (C=O) groups is 1. The van der Waals surface area contributed by atoms with Gasteiger partial charge in [0.25, 0.3) is 5.91 Å². The molecule has 0 aromatic carbocycles. The highest BCUT2D eigenvalue weighted by atomic mass is 16.6. The number of aliphatic hydroxyl groups is 1. The van der Waals surface area contributed by atoms with Gasteiger partial charge in [0.2, 0.25) is 5.60 Å². The van der Waals surface area contributed by atoms with Crippen molar-refractivity contribution in [3.63, 3.8) is 0 Å². The molecule has 2 rings (SSSR count). The van der Waals surface area contributed by atoms with Crippen LogP contribution in [0.5, 0.6) is 0 Å². The third-order valence-electron chi connectivity index (χ3n) is 2.20. The molecule has 0 bridgehead atoms. The Labute approximate surface area is 63.6 Å². The fraction of sp³-hybridized carbons (Fsp3) is 0.571. The van der Waals surface area contributed by atoms with E-state index in [0.29, 0.717) is 18.6 Å². The van der Waals surface area contributed by atoms with E-state index in [1.54, 1.807) is 0 Å². The first-order chi connectivity index (χ1) is 5.17. The summed E-state index contributed by atoms with van der Waals surface area (Å²) >= 11 is 0. The zero-order valence-corrected chi connectivity index (χ0v) is 5.96. The van der Waals surface area contributed by atoms with Gasteiger partial charge in [-0.25, -0.2) is 0 Å². The van der Waals surface area contributed by atoms with Gasteiger partial charge >= 0.3 is 0 Å². The van der Waals surface area contributed by atoms with Crippen LogP contribution in [0.25, 0.3) is 0 Å². The van der Waals surface area contributed by atoms with Crippen molar-refractivity contribution >= 4 is 5.91 Å². The van der Waals surface area contributed by atoms with E-state index in [0.717, 1.165) is 6.42 Å².